The van der Waals surface area contributed by atoms with Crippen molar-refractivity contribution in [2.75, 3.05) is 0 Å². The summed E-state index contributed by atoms with van der Waals surface area (Å²) in [5.41, 5.74) is -0.343. The van der Waals surface area contributed by atoms with Gasteiger partial charge in [0, 0.05) is 17.8 Å². The van der Waals surface area contributed by atoms with Crippen LogP contribution in [0.25, 0.3) is 0 Å². The Balaban J connectivity index is 2.42. The smallest absolute Gasteiger partial charge is 0.328 e. The molecule has 0 saturated heterocycles. The van der Waals surface area contributed by atoms with Gasteiger partial charge in [-0.3, -0.25) is 14.3 Å². The van der Waals surface area contributed by atoms with Gasteiger partial charge >= 0.3 is 5.69 Å². The van der Waals surface area contributed by atoms with Crippen LogP contribution in [0.5, 0.6) is 0 Å². The van der Waals surface area contributed by atoms with Gasteiger partial charge in [0.1, 0.15) is 0 Å². The van der Waals surface area contributed by atoms with Crippen molar-refractivity contribution in [2.45, 2.75) is 13.5 Å². The molecule has 0 bridgehead atoms. The lowest BCUT2D eigenvalue weighted by Crippen LogP contribution is -2.30. The number of hydrogen-bond donors (Lipinski definition) is 1. The zero-order valence-corrected chi connectivity index (χ0v) is 8.06. The van der Waals surface area contributed by atoms with Gasteiger partial charge in [-0.15, -0.1) is 0 Å². The maximum Gasteiger partial charge on any atom is 0.328 e. The molecule has 15 heavy (non-hydrogen) atoms. The minimum absolute atomic E-state index is 0.260. The number of H-pyrrole nitrogens is 1. The molecule has 0 amide bonds. The van der Waals surface area contributed by atoms with Crippen molar-refractivity contribution in [2.24, 2.45) is 0 Å². The van der Waals surface area contributed by atoms with Gasteiger partial charge in [0.05, 0.1) is 12.7 Å². The predicted molar refractivity (Wildman–Crippen MR) is 51.7 cm³/mol. The molecule has 0 radical (unpaired) electrons. The fraction of sp³-hybridized carbons (Fsp3) is 0.222. The van der Waals surface area contributed by atoms with Crippen molar-refractivity contribution in [1.29, 1.82) is 0 Å². The second-order valence-electron chi connectivity index (χ2n) is 3.18. The van der Waals surface area contributed by atoms with E-state index >= 15 is 0 Å². The van der Waals surface area contributed by atoms with Crippen LogP contribution in [0.2, 0.25) is 0 Å². The topological polar surface area (TPSA) is 80.9 Å². The highest BCUT2D eigenvalue weighted by Crippen LogP contribution is 1.98. The number of aromatic amines is 1. The lowest BCUT2D eigenvalue weighted by molar-refractivity contribution is 0.374. The molecular weight excluding hydrogens is 198 g/mol. The molecule has 2 aromatic rings. The molecule has 6 nitrogen and oxygen atoms in total. The molecule has 0 fully saturated rings. The molecule has 0 saturated carbocycles. The Morgan fingerprint density at radius 1 is 1.53 bits per heavy atom. The van der Waals surface area contributed by atoms with Gasteiger partial charge in [0.15, 0.2) is 5.76 Å². The van der Waals surface area contributed by atoms with Gasteiger partial charge in [-0.05, 0) is 6.92 Å². The number of nitrogens with one attached hydrogen (secondary N) is 1. The Labute approximate surface area is 84.2 Å². The van der Waals surface area contributed by atoms with Crippen molar-refractivity contribution in [3.63, 3.8) is 0 Å². The molecule has 2 rings (SSSR count). The summed E-state index contributed by atoms with van der Waals surface area (Å²) in [5.74, 6) is 0.559. The molecule has 78 valence electrons. The highest BCUT2D eigenvalue weighted by molar-refractivity contribution is 5.03. The molecule has 2 aromatic heterocycles. The van der Waals surface area contributed by atoms with Crippen molar-refractivity contribution in [1.82, 2.24) is 14.7 Å². The summed E-state index contributed by atoms with van der Waals surface area (Å²) in [6.45, 7) is 1.89. The summed E-state index contributed by atoms with van der Waals surface area (Å²) in [6.07, 6.45) is 2.99. The third-order valence-electron chi connectivity index (χ3n) is 2.01. The quantitative estimate of drug-likeness (QED) is 0.744. The predicted octanol–water partition coefficient (Wildman–Crippen LogP) is -0.119. The maximum atomic E-state index is 11.4. The maximum absolute atomic E-state index is 11.4. The molecule has 0 aliphatic carbocycles. The molecule has 0 atom stereocenters. The Bertz CT molecular complexity index is 565. The van der Waals surface area contributed by atoms with Gasteiger partial charge in [0.2, 0.25) is 0 Å². The van der Waals surface area contributed by atoms with E-state index in [1.807, 2.05) is 0 Å². The van der Waals surface area contributed by atoms with Crippen LogP contribution in [-0.2, 0) is 6.54 Å². The van der Waals surface area contributed by atoms with E-state index < -0.39 is 5.69 Å². The van der Waals surface area contributed by atoms with Crippen molar-refractivity contribution >= 4 is 0 Å². The Hall–Kier alpha value is -2.11. The first-order chi connectivity index (χ1) is 7.16. The standard InChI is InChI=1S/C9H9N3O3/c1-6-4-12(9(14)11-8(6)13)5-7-2-3-10-15-7/h2-4H,5H2,1H3,(H,11,13,14). The minimum atomic E-state index is -0.456. The largest absolute Gasteiger partial charge is 0.359 e. The van der Waals surface area contributed by atoms with Gasteiger partial charge in [-0.1, -0.05) is 5.16 Å². The first kappa shape index (κ1) is 9.45. The third kappa shape index (κ3) is 1.88. The molecule has 2 heterocycles. The first-order valence-corrected chi connectivity index (χ1v) is 4.37. The van der Waals surface area contributed by atoms with E-state index in [2.05, 4.69) is 10.1 Å². The van der Waals surface area contributed by atoms with Gasteiger partial charge in [-0.25, -0.2) is 4.79 Å². The van der Waals surface area contributed by atoms with E-state index in [-0.39, 0.29) is 12.1 Å². The van der Waals surface area contributed by atoms with E-state index in [0.29, 0.717) is 11.3 Å². The van der Waals surface area contributed by atoms with Crippen molar-refractivity contribution in [3.05, 3.63) is 50.6 Å². The molecule has 1 N–H and O–H groups in total. The fourth-order valence-electron chi connectivity index (χ4n) is 1.23. The molecule has 6 heteroatoms. The van der Waals surface area contributed by atoms with Gasteiger partial charge in [0.25, 0.3) is 5.56 Å². The average molecular weight is 207 g/mol. The monoisotopic (exact) mass is 207 g/mol. The number of rotatable bonds is 2. The molecule has 0 aromatic carbocycles. The van der Waals surface area contributed by atoms with E-state index in [0.717, 1.165) is 0 Å². The van der Waals surface area contributed by atoms with Crippen LogP contribution < -0.4 is 11.2 Å². The van der Waals surface area contributed by atoms with Crippen LogP contribution in [0, 0.1) is 6.92 Å². The second kappa shape index (κ2) is 3.56. The van der Waals surface area contributed by atoms with Gasteiger partial charge < -0.3 is 4.52 Å². The summed E-state index contributed by atoms with van der Waals surface area (Å²) in [5, 5.41) is 3.53. The molecule has 0 spiro atoms. The second-order valence-corrected chi connectivity index (χ2v) is 3.18. The molecule has 0 aliphatic rings. The van der Waals surface area contributed by atoms with E-state index in [9.17, 15) is 9.59 Å². The molecular formula is C9H9N3O3. The van der Waals surface area contributed by atoms with Gasteiger partial charge in [-0.2, -0.15) is 0 Å². The summed E-state index contributed by atoms with van der Waals surface area (Å²) >= 11 is 0. The Morgan fingerprint density at radius 3 is 3.00 bits per heavy atom. The van der Waals surface area contributed by atoms with E-state index in [1.54, 1.807) is 13.0 Å². The van der Waals surface area contributed by atoms with Crippen molar-refractivity contribution < 1.29 is 4.52 Å². The summed E-state index contributed by atoms with van der Waals surface area (Å²) < 4.78 is 6.22. The van der Waals surface area contributed by atoms with Crippen LogP contribution in [0.3, 0.4) is 0 Å². The van der Waals surface area contributed by atoms with E-state index in [1.165, 1.54) is 17.0 Å². The van der Waals surface area contributed by atoms with Crippen LogP contribution >= 0.6 is 0 Å². The van der Waals surface area contributed by atoms with Crippen LogP contribution in [-0.4, -0.2) is 14.7 Å². The summed E-state index contributed by atoms with van der Waals surface area (Å²) in [4.78, 5) is 24.7. The number of nitrogens with zero attached hydrogens (tertiary/aromatic N) is 2. The summed E-state index contributed by atoms with van der Waals surface area (Å²) in [7, 11) is 0. The number of aryl methyl sites for hydroxylation is 1. The first-order valence-electron chi connectivity index (χ1n) is 4.37. The minimum Gasteiger partial charge on any atom is -0.359 e. The number of hydrogen-bond acceptors (Lipinski definition) is 4. The highest BCUT2D eigenvalue weighted by atomic mass is 16.5. The van der Waals surface area contributed by atoms with Crippen LogP contribution in [0.15, 0.2) is 32.6 Å². The number of aromatic nitrogens is 3. The zero-order chi connectivity index (χ0) is 10.8. The zero-order valence-electron chi connectivity index (χ0n) is 8.06. The molecule has 0 unspecified atom stereocenters. The lowest BCUT2D eigenvalue weighted by atomic mass is 10.4. The summed E-state index contributed by atoms with van der Waals surface area (Å²) in [6, 6.07) is 1.66. The SMILES string of the molecule is Cc1cn(Cc2ccno2)c(=O)[nH]c1=O. The Kier molecular flexibility index (Phi) is 2.24. The third-order valence-corrected chi connectivity index (χ3v) is 2.01. The molecule has 0 aliphatic heterocycles. The normalized spacial score (nSPS) is 10.5. The Morgan fingerprint density at radius 2 is 2.33 bits per heavy atom. The highest BCUT2D eigenvalue weighted by Gasteiger charge is 2.03. The fourth-order valence-corrected chi connectivity index (χ4v) is 1.23. The van der Waals surface area contributed by atoms with Crippen molar-refractivity contribution in [3.8, 4) is 0 Å². The lowest BCUT2D eigenvalue weighted by Gasteiger charge is -2.02. The van der Waals surface area contributed by atoms with Crippen LogP contribution in [0.1, 0.15) is 11.3 Å². The van der Waals surface area contributed by atoms with E-state index in [4.69, 9.17) is 4.52 Å². The average Bonchev–Trinajstić information content (AvgIpc) is 2.67. The van der Waals surface area contributed by atoms with Crippen LogP contribution in [0.4, 0.5) is 0 Å².